The first-order valence-electron chi connectivity index (χ1n) is 6.84. The molecule has 23 heavy (non-hydrogen) atoms. The Morgan fingerprint density at radius 1 is 1.13 bits per heavy atom. The second-order valence-corrected chi connectivity index (χ2v) is 5.49. The molecule has 3 aromatic rings. The van der Waals surface area contributed by atoms with Crippen molar-refractivity contribution in [3.63, 3.8) is 0 Å². The van der Waals surface area contributed by atoms with E-state index in [-0.39, 0.29) is 11.7 Å². The molecule has 0 saturated heterocycles. The van der Waals surface area contributed by atoms with E-state index in [0.29, 0.717) is 27.2 Å². The molecule has 1 N–H and O–H groups in total. The molecule has 1 aromatic heterocycles. The highest BCUT2D eigenvalue weighted by molar-refractivity contribution is 6.31. The molecular formula is C17H12ClFN2O2. The maximum Gasteiger partial charge on any atom is 0.257 e. The zero-order chi connectivity index (χ0) is 16.6. The number of rotatable bonds is 2. The van der Waals surface area contributed by atoms with Crippen molar-refractivity contribution in [2.75, 3.05) is 5.32 Å². The highest BCUT2D eigenvalue weighted by Crippen LogP contribution is 2.26. The highest BCUT2D eigenvalue weighted by Gasteiger charge is 2.17. The molecule has 1 heterocycles. The number of carbonyl (C=O) groups is 2. The van der Waals surface area contributed by atoms with Gasteiger partial charge in [0.1, 0.15) is 5.82 Å². The first kappa shape index (κ1) is 15.2. The van der Waals surface area contributed by atoms with Crippen LogP contribution in [0.2, 0.25) is 5.02 Å². The van der Waals surface area contributed by atoms with Crippen molar-refractivity contribution in [1.82, 2.24) is 4.57 Å². The Labute approximate surface area is 136 Å². The lowest BCUT2D eigenvalue weighted by Gasteiger charge is -2.04. The molecule has 3 rings (SSSR count). The van der Waals surface area contributed by atoms with Crippen molar-refractivity contribution >= 4 is 40.0 Å². The van der Waals surface area contributed by atoms with E-state index in [9.17, 15) is 14.0 Å². The maximum absolute atomic E-state index is 12.9. The van der Waals surface area contributed by atoms with Crippen LogP contribution in [0.5, 0.6) is 0 Å². The van der Waals surface area contributed by atoms with E-state index in [1.807, 2.05) is 0 Å². The van der Waals surface area contributed by atoms with Gasteiger partial charge in [-0.05, 0) is 42.5 Å². The Balaban J connectivity index is 2.04. The van der Waals surface area contributed by atoms with Gasteiger partial charge in [-0.25, -0.2) is 4.39 Å². The number of benzene rings is 2. The topological polar surface area (TPSA) is 51.1 Å². The van der Waals surface area contributed by atoms with Crippen LogP contribution in [-0.2, 0) is 0 Å². The van der Waals surface area contributed by atoms with Crippen LogP contribution >= 0.6 is 11.6 Å². The number of carbonyl (C=O) groups excluding carboxylic acids is 2. The van der Waals surface area contributed by atoms with Gasteiger partial charge in [-0.1, -0.05) is 11.6 Å². The van der Waals surface area contributed by atoms with Gasteiger partial charge in [0.25, 0.3) is 5.91 Å². The minimum Gasteiger partial charge on any atom is -0.322 e. The number of nitrogens with zero attached hydrogens (tertiary/aromatic N) is 1. The zero-order valence-corrected chi connectivity index (χ0v) is 12.9. The summed E-state index contributed by atoms with van der Waals surface area (Å²) >= 11 is 5.99. The maximum atomic E-state index is 12.9. The van der Waals surface area contributed by atoms with Crippen molar-refractivity contribution in [3.8, 4) is 0 Å². The molecule has 116 valence electrons. The lowest BCUT2D eigenvalue weighted by atomic mass is 10.1. The third kappa shape index (κ3) is 2.96. The number of aromatic nitrogens is 1. The largest absolute Gasteiger partial charge is 0.322 e. The van der Waals surface area contributed by atoms with Crippen LogP contribution in [-0.4, -0.2) is 16.4 Å². The Morgan fingerprint density at radius 2 is 1.83 bits per heavy atom. The fraction of sp³-hybridized carbons (Fsp3) is 0.0588. The smallest absolute Gasteiger partial charge is 0.257 e. The minimum atomic E-state index is -0.399. The lowest BCUT2D eigenvalue weighted by Crippen LogP contribution is -2.11. The molecule has 0 saturated carbocycles. The van der Waals surface area contributed by atoms with Crippen LogP contribution < -0.4 is 5.32 Å². The fourth-order valence-electron chi connectivity index (χ4n) is 2.38. The van der Waals surface area contributed by atoms with Gasteiger partial charge in [-0.2, -0.15) is 0 Å². The van der Waals surface area contributed by atoms with E-state index >= 15 is 0 Å². The highest BCUT2D eigenvalue weighted by atomic mass is 35.5. The summed E-state index contributed by atoms with van der Waals surface area (Å²) < 4.78 is 14.3. The number of hydrogen-bond donors (Lipinski definition) is 1. The van der Waals surface area contributed by atoms with Crippen molar-refractivity contribution in [1.29, 1.82) is 0 Å². The molecule has 0 spiro atoms. The lowest BCUT2D eigenvalue weighted by molar-refractivity contribution is 0.0941. The second-order valence-electron chi connectivity index (χ2n) is 5.05. The Hall–Kier alpha value is -2.66. The van der Waals surface area contributed by atoms with Crippen LogP contribution in [0, 0.1) is 5.82 Å². The number of amides is 1. The van der Waals surface area contributed by atoms with Crippen molar-refractivity contribution in [2.45, 2.75) is 6.92 Å². The van der Waals surface area contributed by atoms with Gasteiger partial charge in [0.05, 0.1) is 11.1 Å². The molecule has 0 unspecified atom stereocenters. The molecular weight excluding hydrogens is 319 g/mol. The van der Waals surface area contributed by atoms with Gasteiger partial charge in [0, 0.05) is 29.2 Å². The first-order valence-corrected chi connectivity index (χ1v) is 7.22. The standard InChI is InChI=1S/C17H12ClFN2O2/c1-10(22)21-9-15(14-8-11(18)2-7-16(14)21)17(23)20-13-5-3-12(19)4-6-13/h2-9H,1H3,(H,20,23). The SMILES string of the molecule is CC(=O)n1cc(C(=O)Nc2ccc(F)cc2)c2cc(Cl)ccc21. The zero-order valence-electron chi connectivity index (χ0n) is 12.1. The number of halogens is 2. The molecule has 0 atom stereocenters. The summed E-state index contributed by atoms with van der Waals surface area (Å²) in [6.07, 6.45) is 1.47. The monoisotopic (exact) mass is 330 g/mol. The summed E-state index contributed by atoms with van der Waals surface area (Å²) in [5.41, 5.74) is 1.38. The molecule has 2 aromatic carbocycles. The van der Waals surface area contributed by atoms with Crippen molar-refractivity contribution in [2.24, 2.45) is 0 Å². The predicted octanol–water partition coefficient (Wildman–Crippen LogP) is 4.35. The summed E-state index contributed by atoms with van der Waals surface area (Å²) in [6, 6.07) is 10.4. The Bertz CT molecular complexity index is 916. The van der Waals surface area contributed by atoms with Crippen LogP contribution in [0.15, 0.2) is 48.7 Å². The van der Waals surface area contributed by atoms with Gasteiger partial charge in [-0.3, -0.25) is 14.2 Å². The quantitative estimate of drug-likeness (QED) is 0.759. The van der Waals surface area contributed by atoms with Gasteiger partial charge in [0.15, 0.2) is 0 Å². The van der Waals surface area contributed by atoms with Crippen LogP contribution in [0.3, 0.4) is 0 Å². The molecule has 6 heteroatoms. The molecule has 0 aliphatic carbocycles. The number of fused-ring (bicyclic) bond motifs is 1. The Morgan fingerprint density at radius 3 is 2.48 bits per heavy atom. The average Bonchev–Trinajstić information content (AvgIpc) is 2.88. The third-order valence-electron chi connectivity index (χ3n) is 3.45. The van der Waals surface area contributed by atoms with E-state index in [1.165, 1.54) is 42.0 Å². The summed E-state index contributed by atoms with van der Waals surface area (Å²) in [5.74, 6) is -0.995. The van der Waals surface area contributed by atoms with Gasteiger partial charge in [-0.15, -0.1) is 0 Å². The second kappa shape index (κ2) is 5.85. The summed E-state index contributed by atoms with van der Waals surface area (Å²) in [4.78, 5) is 24.2. The van der Waals surface area contributed by atoms with Crippen molar-refractivity contribution < 1.29 is 14.0 Å². The molecule has 4 nitrogen and oxygen atoms in total. The molecule has 0 fully saturated rings. The summed E-state index contributed by atoms with van der Waals surface area (Å²) in [5, 5.41) is 3.72. The van der Waals surface area contributed by atoms with E-state index in [2.05, 4.69) is 5.32 Å². The first-order chi connectivity index (χ1) is 11.0. The van der Waals surface area contributed by atoms with E-state index in [1.54, 1.807) is 18.2 Å². The Kier molecular flexibility index (Phi) is 3.88. The average molecular weight is 331 g/mol. The van der Waals surface area contributed by atoms with Gasteiger partial charge >= 0.3 is 0 Å². The molecule has 0 aliphatic heterocycles. The van der Waals surface area contributed by atoms with Crippen molar-refractivity contribution in [3.05, 3.63) is 65.1 Å². The minimum absolute atomic E-state index is 0.210. The molecule has 0 bridgehead atoms. The predicted molar refractivity (Wildman–Crippen MR) is 87.6 cm³/mol. The number of anilines is 1. The van der Waals surface area contributed by atoms with Gasteiger partial charge < -0.3 is 5.32 Å². The van der Waals surface area contributed by atoms with E-state index in [0.717, 1.165) is 0 Å². The normalized spacial score (nSPS) is 10.7. The van der Waals surface area contributed by atoms with E-state index < -0.39 is 5.91 Å². The molecule has 0 radical (unpaired) electrons. The number of nitrogens with one attached hydrogen (secondary N) is 1. The van der Waals surface area contributed by atoms with Crippen LogP contribution in [0.25, 0.3) is 10.9 Å². The summed E-state index contributed by atoms with van der Waals surface area (Å²) in [6.45, 7) is 1.41. The van der Waals surface area contributed by atoms with Crippen LogP contribution in [0.1, 0.15) is 22.1 Å². The van der Waals surface area contributed by atoms with Gasteiger partial charge in [0.2, 0.25) is 5.91 Å². The van der Waals surface area contributed by atoms with E-state index in [4.69, 9.17) is 11.6 Å². The number of hydrogen-bond acceptors (Lipinski definition) is 2. The third-order valence-corrected chi connectivity index (χ3v) is 3.69. The molecule has 1 amide bonds. The molecule has 0 aliphatic rings. The fourth-order valence-corrected chi connectivity index (χ4v) is 2.55. The van der Waals surface area contributed by atoms with Crippen LogP contribution in [0.4, 0.5) is 10.1 Å². The summed E-state index contributed by atoms with van der Waals surface area (Å²) in [7, 11) is 0.